The van der Waals surface area contributed by atoms with Gasteiger partial charge in [-0.25, -0.2) is 4.98 Å². The fourth-order valence-corrected chi connectivity index (χ4v) is 6.07. The number of nitrogens with zero attached hydrogens (tertiary/aromatic N) is 4. The van der Waals surface area contributed by atoms with Crippen molar-refractivity contribution in [3.05, 3.63) is 28.2 Å². The fraction of sp³-hybridized carbons (Fsp3) is 0.640. The summed E-state index contributed by atoms with van der Waals surface area (Å²) < 4.78 is 10.2. The molecule has 1 aliphatic carbocycles. The van der Waals surface area contributed by atoms with Gasteiger partial charge in [-0.15, -0.1) is 0 Å². The smallest absolute Gasteiger partial charge is 0.235 e. The molecule has 0 bridgehead atoms. The summed E-state index contributed by atoms with van der Waals surface area (Å²) in [5, 5.41) is 13.7. The molecule has 4 rings (SSSR count). The number of rotatable bonds is 7. The van der Waals surface area contributed by atoms with Gasteiger partial charge in [-0.05, 0) is 58.9 Å². The van der Waals surface area contributed by atoms with Crippen LogP contribution in [0.25, 0.3) is 0 Å². The number of aryl methyl sites for hydroxylation is 1. The maximum atomic E-state index is 13.0. The van der Waals surface area contributed by atoms with Crippen LogP contribution >= 0.6 is 11.8 Å². The van der Waals surface area contributed by atoms with E-state index in [1.165, 1.54) is 49.6 Å². The Kier molecular flexibility index (Phi) is 7.50. The average molecular weight is 470 g/mol. The summed E-state index contributed by atoms with van der Waals surface area (Å²) in [7, 11) is 0. The molecule has 2 aromatic rings. The minimum Gasteiger partial charge on any atom is -0.376 e. The van der Waals surface area contributed by atoms with Crippen molar-refractivity contribution in [1.29, 1.82) is 5.26 Å². The Balaban J connectivity index is 1.49. The lowest BCUT2D eigenvalue weighted by atomic mass is 9.95. The number of ether oxygens (including phenoxy) is 1. The highest BCUT2D eigenvalue weighted by Crippen LogP contribution is 2.34. The zero-order chi connectivity index (χ0) is 23.5. The van der Waals surface area contributed by atoms with Crippen molar-refractivity contribution in [3.8, 4) is 6.07 Å². The first-order valence-electron chi connectivity index (χ1n) is 12.1. The van der Waals surface area contributed by atoms with E-state index in [1.54, 1.807) is 0 Å². The van der Waals surface area contributed by atoms with Crippen LogP contribution in [-0.4, -0.2) is 38.5 Å². The number of imidazole rings is 1. The Morgan fingerprint density at radius 1 is 1.15 bits per heavy atom. The molecule has 3 heterocycles. The summed E-state index contributed by atoms with van der Waals surface area (Å²) in [4.78, 5) is 17.8. The third-order valence-corrected chi connectivity index (χ3v) is 8.19. The first kappa shape index (κ1) is 23.9. The van der Waals surface area contributed by atoms with Crippen molar-refractivity contribution in [2.24, 2.45) is 0 Å². The van der Waals surface area contributed by atoms with Gasteiger partial charge in [0.2, 0.25) is 5.91 Å². The van der Waals surface area contributed by atoms with E-state index in [2.05, 4.69) is 22.9 Å². The van der Waals surface area contributed by atoms with Gasteiger partial charge in [0.25, 0.3) is 0 Å². The second kappa shape index (κ2) is 10.4. The molecule has 1 atom stereocenters. The standard InChI is InChI=1S/C25H35N5O2S/c1-16-18(3)29(14-21-11-8-12-32-21)24(22(16)13-26)28-23(31)15-33-25-27-17(2)19(4)30(25)20-9-6-5-7-10-20/h20-21H,5-12,14-15H2,1-4H3,(H,28,31)/t21-/m0/s1. The lowest BCUT2D eigenvalue weighted by Gasteiger charge is -2.26. The molecule has 1 aliphatic heterocycles. The normalized spacial score (nSPS) is 19.1. The number of amides is 1. The SMILES string of the molecule is Cc1nc(SCC(=O)Nc2c(C#N)c(C)c(C)n2C[C@@H]2CCCO2)n(C2CCCCC2)c1C. The fourth-order valence-electron chi connectivity index (χ4n) is 5.12. The molecule has 2 fully saturated rings. The van der Waals surface area contributed by atoms with Crippen LogP contribution in [0.15, 0.2) is 5.16 Å². The minimum absolute atomic E-state index is 0.115. The van der Waals surface area contributed by atoms with Crippen molar-refractivity contribution >= 4 is 23.5 Å². The molecule has 0 spiro atoms. The first-order valence-corrected chi connectivity index (χ1v) is 13.1. The molecular weight excluding hydrogens is 434 g/mol. The molecular formula is C25H35N5O2S. The summed E-state index contributed by atoms with van der Waals surface area (Å²) in [6.45, 7) is 9.55. The van der Waals surface area contributed by atoms with Gasteiger partial charge < -0.3 is 19.2 Å². The molecule has 0 aromatic carbocycles. The number of thioether (sulfide) groups is 1. The van der Waals surface area contributed by atoms with Crippen LogP contribution < -0.4 is 5.32 Å². The third-order valence-electron chi connectivity index (χ3n) is 7.24. The molecule has 1 saturated carbocycles. The summed E-state index contributed by atoms with van der Waals surface area (Å²) in [5.74, 6) is 0.740. The maximum Gasteiger partial charge on any atom is 0.235 e. The van der Waals surface area contributed by atoms with Crippen molar-refractivity contribution in [1.82, 2.24) is 14.1 Å². The lowest BCUT2D eigenvalue weighted by Crippen LogP contribution is -2.22. The Morgan fingerprint density at radius 2 is 1.91 bits per heavy atom. The quantitative estimate of drug-likeness (QED) is 0.563. The monoisotopic (exact) mass is 469 g/mol. The summed E-state index contributed by atoms with van der Waals surface area (Å²) in [5.41, 5.74) is 4.70. The van der Waals surface area contributed by atoms with Crippen molar-refractivity contribution < 1.29 is 9.53 Å². The van der Waals surface area contributed by atoms with Gasteiger partial charge >= 0.3 is 0 Å². The highest BCUT2D eigenvalue weighted by molar-refractivity contribution is 7.99. The van der Waals surface area contributed by atoms with E-state index in [4.69, 9.17) is 9.72 Å². The van der Waals surface area contributed by atoms with Crippen molar-refractivity contribution in [2.75, 3.05) is 17.7 Å². The van der Waals surface area contributed by atoms with Gasteiger partial charge in [0.05, 0.1) is 29.7 Å². The van der Waals surface area contributed by atoms with Gasteiger partial charge in [-0.1, -0.05) is 31.0 Å². The number of nitriles is 1. The summed E-state index contributed by atoms with van der Waals surface area (Å²) in [6, 6.07) is 2.77. The zero-order valence-corrected chi connectivity index (χ0v) is 21.1. The predicted octanol–water partition coefficient (Wildman–Crippen LogP) is 5.20. The van der Waals surface area contributed by atoms with Gasteiger partial charge in [-0.2, -0.15) is 5.26 Å². The molecule has 1 N–H and O–H groups in total. The predicted molar refractivity (Wildman–Crippen MR) is 131 cm³/mol. The number of anilines is 1. The van der Waals surface area contributed by atoms with E-state index in [-0.39, 0.29) is 17.8 Å². The second-order valence-corrected chi connectivity index (χ2v) is 10.3. The Bertz CT molecular complexity index is 1050. The van der Waals surface area contributed by atoms with E-state index in [9.17, 15) is 10.1 Å². The summed E-state index contributed by atoms with van der Waals surface area (Å²) >= 11 is 1.49. The molecule has 8 heteroatoms. The number of aromatic nitrogens is 3. The van der Waals surface area contributed by atoms with Crippen molar-refractivity contribution in [2.45, 2.75) is 96.5 Å². The first-order chi connectivity index (χ1) is 15.9. The highest BCUT2D eigenvalue weighted by Gasteiger charge is 2.25. The van der Waals surface area contributed by atoms with Crippen LogP contribution in [-0.2, 0) is 16.1 Å². The minimum atomic E-state index is -0.115. The van der Waals surface area contributed by atoms with E-state index in [1.807, 2.05) is 25.3 Å². The van der Waals surface area contributed by atoms with Gasteiger partial charge in [0, 0.05) is 24.0 Å². The van der Waals surface area contributed by atoms with E-state index in [0.29, 0.717) is 24.0 Å². The van der Waals surface area contributed by atoms with Crippen LogP contribution in [0.5, 0.6) is 0 Å². The Hall–Kier alpha value is -2.24. The lowest BCUT2D eigenvalue weighted by molar-refractivity contribution is -0.113. The average Bonchev–Trinajstić information content (AvgIpc) is 3.48. The zero-order valence-electron chi connectivity index (χ0n) is 20.2. The molecule has 1 amide bonds. The molecule has 0 radical (unpaired) electrons. The van der Waals surface area contributed by atoms with Crippen molar-refractivity contribution in [3.63, 3.8) is 0 Å². The number of carbonyl (C=O) groups excluding carboxylic acids is 1. The second-order valence-electron chi connectivity index (χ2n) is 9.36. The Labute approximate surface area is 200 Å². The molecule has 7 nitrogen and oxygen atoms in total. The topological polar surface area (TPSA) is 84.9 Å². The molecule has 1 saturated heterocycles. The molecule has 2 aliphatic rings. The van der Waals surface area contributed by atoms with Crippen LogP contribution in [0.2, 0.25) is 0 Å². The largest absolute Gasteiger partial charge is 0.376 e. The number of nitrogens with one attached hydrogen (secondary N) is 1. The highest BCUT2D eigenvalue weighted by atomic mass is 32.2. The Morgan fingerprint density at radius 3 is 2.58 bits per heavy atom. The number of hydrogen-bond acceptors (Lipinski definition) is 5. The number of carbonyl (C=O) groups is 1. The van der Waals surface area contributed by atoms with E-state index < -0.39 is 0 Å². The van der Waals surface area contributed by atoms with Gasteiger partial charge in [-0.3, -0.25) is 4.79 Å². The molecule has 33 heavy (non-hydrogen) atoms. The molecule has 0 unspecified atom stereocenters. The van der Waals surface area contributed by atoms with E-state index in [0.717, 1.165) is 41.6 Å². The number of hydrogen-bond donors (Lipinski definition) is 1. The van der Waals surface area contributed by atoms with Crippen LogP contribution in [0.4, 0.5) is 5.82 Å². The molecule has 178 valence electrons. The molecule has 2 aromatic heterocycles. The third kappa shape index (κ3) is 4.99. The van der Waals surface area contributed by atoms with Crippen LogP contribution in [0, 0.1) is 39.0 Å². The summed E-state index contributed by atoms with van der Waals surface area (Å²) in [6.07, 6.45) is 8.35. The van der Waals surface area contributed by atoms with Crippen LogP contribution in [0.1, 0.15) is 79.2 Å². The van der Waals surface area contributed by atoms with Gasteiger partial charge in [0.1, 0.15) is 11.9 Å². The van der Waals surface area contributed by atoms with E-state index >= 15 is 0 Å². The maximum absolute atomic E-state index is 13.0. The van der Waals surface area contributed by atoms with Gasteiger partial charge in [0.15, 0.2) is 5.16 Å². The van der Waals surface area contributed by atoms with Crippen LogP contribution in [0.3, 0.4) is 0 Å².